The molecule has 1 saturated heterocycles. The van der Waals surface area contributed by atoms with Crippen LogP contribution in [0.25, 0.3) is 0 Å². The first-order valence-corrected chi connectivity index (χ1v) is 8.31. The van der Waals surface area contributed by atoms with Gasteiger partial charge in [-0.1, -0.05) is 6.07 Å². The van der Waals surface area contributed by atoms with Crippen molar-refractivity contribution in [3.8, 4) is 11.5 Å². The quantitative estimate of drug-likeness (QED) is 0.785. The topological polar surface area (TPSA) is 36.9 Å². The van der Waals surface area contributed by atoms with Crippen molar-refractivity contribution in [2.45, 2.75) is 71.2 Å². The van der Waals surface area contributed by atoms with E-state index in [9.17, 15) is 0 Å². The molecule has 2 aliphatic rings. The predicted octanol–water partition coefficient (Wildman–Crippen LogP) is 3.10. The molecule has 2 heterocycles. The van der Waals surface area contributed by atoms with Crippen LogP contribution in [0.15, 0.2) is 12.1 Å². The van der Waals surface area contributed by atoms with E-state index >= 15 is 0 Å². The van der Waals surface area contributed by atoms with Crippen LogP contribution < -0.4 is 14.9 Å². The maximum Gasteiger partial charge on any atom is 0.495 e. The molecule has 1 fully saturated rings. The number of methoxy groups -OCH3 is 1. The van der Waals surface area contributed by atoms with E-state index in [0.29, 0.717) is 0 Å². The molecular formula is C18H27BO4. The van der Waals surface area contributed by atoms with E-state index in [1.165, 1.54) is 0 Å². The van der Waals surface area contributed by atoms with Crippen LogP contribution in [0.3, 0.4) is 0 Å². The second kappa shape index (κ2) is 5.15. The van der Waals surface area contributed by atoms with Gasteiger partial charge in [-0.2, -0.15) is 0 Å². The van der Waals surface area contributed by atoms with Gasteiger partial charge in [0.1, 0.15) is 5.60 Å². The number of fused-ring (bicyclic) bond motifs is 1. The third kappa shape index (κ3) is 2.74. The Hall–Kier alpha value is -1.20. The van der Waals surface area contributed by atoms with Crippen LogP contribution in [0.5, 0.6) is 11.5 Å². The highest BCUT2D eigenvalue weighted by atomic mass is 16.7. The zero-order valence-electron chi connectivity index (χ0n) is 15.3. The highest BCUT2D eigenvalue weighted by molar-refractivity contribution is 6.62. The Morgan fingerprint density at radius 2 is 1.61 bits per heavy atom. The average molecular weight is 318 g/mol. The Kier molecular flexibility index (Phi) is 3.73. The molecule has 0 N–H and O–H groups in total. The molecule has 0 aliphatic carbocycles. The zero-order valence-corrected chi connectivity index (χ0v) is 15.3. The first-order valence-electron chi connectivity index (χ1n) is 8.31. The first kappa shape index (κ1) is 16.7. The lowest BCUT2D eigenvalue weighted by Gasteiger charge is -2.34. The summed E-state index contributed by atoms with van der Waals surface area (Å²) in [5.41, 5.74) is 1.31. The van der Waals surface area contributed by atoms with E-state index in [-0.39, 0.29) is 23.9 Å². The van der Waals surface area contributed by atoms with Gasteiger partial charge in [-0.25, -0.2) is 0 Å². The van der Waals surface area contributed by atoms with Crippen molar-refractivity contribution in [2.75, 3.05) is 7.11 Å². The molecule has 0 bridgehead atoms. The Morgan fingerprint density at radius 3 is 2.17 bits per heavy atom. The molecule has 0 saturated carbocycles. The molecule has 3 rings (SSSR count). The summed E-state index contributed by atoms with van der Waals surface area (Å²) in [6, 6.07) is 3.99. The lowest BCUT2D eigenvalue weighted by atomic mass is 9.73. The Balaban J connectivity index is 2.03. The van der Waals surface area contributed by atoms with Gasteiger partial charge in [0.25, 0.3) is 0 Å². The highest BCUT2D eigenvalue weighted by Crippen LogP contribution is 2.42. The van der Waals surface area contributed by atoms with E-state index in [2.05, 4.69) is 41.5 Å². The van der Waals surface area contributed by atoms with Crippen LogP contribution in [0.1, 0.15) is 53.5 Å². The number of ether oxygens (including phenoxy) is 2. The number of hydrogen-bond acceptors (Lipinski definition) is 4. The molecule has 0 aromatic heterocycles. The van der Waals surface area contributed by atoms with Gasteiger partial charge in [-0.3, -0.25) is 0 Å². The zero-order chi connectivity index (χ0) is 17.0. The summed E-state index contributed by atoms with van der Waals surface area (Å²) < 4.78 is 24.2. The molecule has 1 aromatic rings. The van der Waals surface area contributed by atoms with Crippen LogP contribution in [-0.4, -0.2) is 31.0 Å². The van der Waals surface area contributed by atoms with E-state index in [1.807, 2.05) is 12.1 Å². The van der Waals surface area contributed by atoms with Gasteiger partial charge in [0, 0.05) is 0 Å². The van der Waals surface area contributed by atoms with Crippen LogP contribution in [-0.2, 0) is 15.7 Å². The molecule has 126 valence electrons. The molecule has 2 aliphatic heterocycles. The molecule has 0 atom stereocenters. The van der Waals surface area contributed by atoms with Crippen molar-refractivity contribution < 1.29 is 18.8 Å². The molecule has 0 radical (unpaired) electrons. The van der Waals surface area contributed by atoms with E-state index < -0.39 is 0 Å². The third-order valence-electron chi connectivity index (χ3n) is 5.34. The first-order chi connectivity index (χ1) is 10.6. The summed E-state index contributed by atoms with van der Waals surface area (Å²) in [5.74, 6) is 1.60. The average Bonchev–Trinajstić information content (AvgIpc) is 2.65. The highest BCUT2D eigenvalue weighted by Gasteiger charge is 2.52. The van der Waals surface area contributed by atoms with Crippen molar-refractivity contribution >= 4 is 12.6 Å². The van der Waals surface area contributed by atoms with Gasteiger partial charge < -0.3 is 18.8 Å². The van der Waals surface area contributed by atoms with E-state index in [4.69, 9.17) is 18.8 Å². The van der Waals surface area contributed by atoms with Crippen molar-refractivity contribution in [1.29, 1.82) is 0 Å². The fourth-order valence-corrected chi connectivity index (χ4v) is 3.10. The Morgan fingerprint density at radius 1 is 1.00 bits per heavy atom. The van der Waals surface area contributed by atoms with Gasteiger partial charge in [0.05, 0.1) is 18.3 Å². The van der Waals surface area contributed by atoms with Crippen LogP contribution in [0.4, 0.5) is 0 Å². The predicted molar refractivity (Wildman–Crippen MR) is 91.7 cm³/mol. The second-order valence-electron chi connectivity index (χ2n) is 8.11. The van der Waals surface area contributed by atoms with Gasteiger partial charge in [-0.05, 0) is 71.5 Å². The largest absolute Gasteiger partial charge is 0.495 e. The number of hydrogen-bond donors (Lipinski definition) is 0. The van der Waals surface area contributed by atoms with Crippen LogP contribution >= 0.6 is 0 Å². The fraction of sp³-hybridized carbons (Fsp3) is 0.667. The van der Waals surface area contributed by atoms with Gasteiger partial charge >= 0.3 is 7.12 Å². The van der Waals surface area contributed by atoms with Crippen molar-refractivity contribution in [1.82, 2.24) is 0 Å². The number of benzene rings is 1. The Bertz CT molecular complexity index is 606. The minimum Gasteiger partial charge on any atom is -0.493 e. The summed E-state index contributed by atoms with van der Waals surface area (Å²) in [5, 5.41) is 0. The van der Waals surface area contributed by atoms with E-state index in [1.54, 1.807) is 7.11 Å². The molecule has 0 spiro atoms. The molecule has 0 amide bonds. The molecule has 1 aromatic carbocycles. The molecule has 5 heteroatoms. The van der Waals surface area contributed by atoms with E-state index in [0.717, 1.165) is 35.4 Å². The van der Waals surface area contributed by atoms with Crippen molar-refractivity contribution in [2.24, 2.45) is 0 Å². The summed E-state index contributed by atoms with van der Waals surface area (Å²) in [6.07, 6.45) is 1.89. The monoisotopic (exact) mass is 318 g/mol. The standard InChI is InChI=1S/C18H27BO4/c1-16(2)11-10-12-13(8-9-14(20-7)15(12)21-16)19-22-17(3,4)18(5,6)23-19/h8-9H,10-11H2,1-7H3. The summed E-state index contributed by atoms with van der Waals surface area (Å²) in [6.45, 7) is 12.5. The van der Waals surface area contributed by atoms with Gasteiger partial charge in [0.15, 0.2) is 11.5 Å². The molecule has 4 nitrogen and oxygen atoms in total. The summed E-state index contributed by atoms with van der Waals surface area (Å²) in [4.78, 5) is 0. The van der Waals surface area contributed by atoms with Crippen LogP contribution in [0, 0.1) is 0 Å². The fourth-order valence-electron chi connectivity index (χ4n) is 3.10. The van der Waals surface area contributed by atoms with Gasteiger partial charge in [-0.15, -0.1) is 0 Å². The minimum absolute atomic E-state index is 0.186. The van der Waals surface area contributed by atoms with Gasteiger partial charge in [0.2, 0.25) is 0 Å². The summed E-state index contributed by atoms with van der Waals surface area (Å²) in [7, 11) is 1.30. The smallest absolute Gasteiger partial charge is 0.493 e. The number of rotatable bonds is 2. The second-order valence-corrected chi connectivity index (χ2v) is 8.11. The maximum atomic E-state index is 6.22. The lowest BCUT2D eigenvalue weighted by Crippen LogP contribution is -2.41. The SMILES string of the molecule is COc1ccc(B2OC(C)(C)C(C)(C)O2)c2c1OC(C)(C)CC2. The normalized spacial score (nSPS) is 24.0. The summed E-state index contributed by atoms with van der Waals surface area (Å²) >= 11 is 0. The van der Waals surface area contributed by atoms with Crippen LogP contribution in [0.2, 0.25) is 0 Å². The molecule has 23 heavy (non-hydrogen) atoms. The maximum absolute atomic E-state index is 6.22. The minimum atomic E-state index is -0.371. The lowest BCUT2D eigenvalue weighted by molar-refractivity contribution is 0.00578. The van der Waals surface area contributed by atoms with Crippen molar-refractivity contribution in [3.05, 3.63) is 17.7 Å². The molecular weight excluding hydrogens is 291 g/mol. The molecule has 0 unspecified atom stereocenters. The van der Waals surface area contributed by atoms with Crippen molar-refractivity contribution in [3.63, 3.8) is 0 Å². The Labute approximate surface area is 139 Å². The third-order valence-corrected chi connectivity index (χ3v) is 5.34.